The van der Waals surface area contributed by atoms with Crippen molar-refractivity contribution >= 4 is 28.5 Å². The van der Waals surface area contributed by atoms with Crippen LogP contribution in [0.4, 0.5) is 11.4 Å². The molecule has 0 fully saturated rings. The summed E-state index contributed by atoms with van der Waals surface area (Å²) in [5.41, 5.74) is 2.03. The Morgan fingerprint density at radius 2 is 2.29 bits per heavy atom. The maximum Gasteiger partial charge on any atom is 0.144 e. The Morgan fingerprint density at radius 1 is 1.42 bits per heavy atom. The highest BCUT2D eigenvalue weighted by atomic mass is 32.1. The van der Waals surface area contributed by atoms with Crippen molar-refractivity contribution in [2.75, 3.05) is 50.1 Å². The normalized spacial score (nSPS) is 13.5. The first-order valence-electron chi connectivity index (χ1n) is 8.27. The number of fused-ring (bicyclic) bond motifs is 1. The third-order valence-corrected chi connectivity index (χ3v) is 5.14. The number of rotatable bonds is 6. The Morgan fingerprint density at radius 3 is 3.04 bits per heavy atom. The molecule has 0 atom stereocenters. The van der Waals surface area contributed by atoms with Crippen LogP contribution in [-0.4, -0.2) is 50.6 Å². The Hall–Kier alpha value is -2.05. The standard InChI is InChI=1S/C18H24N4OS/c1-3-21(2)8-9-22-10-11-23-16-13-14(6-7-15(16)22)20-18(19)17-5-4-12-24-17/h4-7,12-13H,3,8-11H2,1-2H3,(H2,19,20). The summed E-state index contributed by atoms with van der Waals surface area (Å²) in [4.78, 5) is 5.62. The molecule has 1 aliphatic rings. The minimum Gasteiger partial charge on any atom is -0.489 e. The third-order valence-electron chi connectivity index (χ3n) is 4.25. The van der Waals surface area contributed by atoms with Gasteiger partial charge in [0.1, 0.15) is 18.2 Å². The predicted molar refractivity (Wildman–Crippen MR) is 102 cm³/mol. The van der Waals surface area contributed by atoms with Gasteiger partial charge in [0.15, 0.2) is 0 Å². The molecule has 2 heterocycles. The van der Waals surface area contributed by atoms with Crippen LogP contribution in [0.3, 0.4) is 0 Å². The Kier molecular flexibility index (Phi) is 5.37. The van der Waals surface area contributed by atoms with E-state index in [0.717, 1.165) is 48.2 Å². The number of likely N-dealkylation sites (N-methyl/N-ethyl adjacent to an activating group) is 1. The SMILES string of the molecule is CCN(C)CCN1CCOc2cc(NC(=N)c3cccs3)ccc21. The van der Waals surface area contributed by atoms with Crippen molar-refractivity contribution in [3.8, 4) is 5.75 Å². The smallest absolute Gasteiger partial charge is 0.144 e. The van der Waals surface area contributed by atoms with Gasteiger partial charge in [-0.2, -0.15) is 0 Å². The molecular formula is C18H24N4OS. The van der Waals surface area contributed by atoms with Crippen LogP contribution in [0, 0.1) is 5.41 Å². The zero-order valence-electron chi connectivity index (χ0n) is 14.2. The summed E-state index contributed by atoms with van der Waals surface area (Å²) in [6.07, 6.45) is 0. The molecule has 2 N–H and O–H groups in total. The summed E-state index contributed by atoms with van der Waals surface area (Å²) in [6.45, 7) is 6.90. The summed E-state index contributed by atoms with van der Waals surface area (Å²) in [5, 5.41) is 13.3. The lowest BCUT2D eigenvalue weighted by Gasteiger charge is -2.32. The van der Waals surface area contributed by atoms with E-state index in [0.29, 0.717) is 12.4 Å². The molecule has 3 rings (SSSR count). The fourth-order valence-electron chi connectivity index (χ4n) is 2.66. The van der Waals surface area contributed by atoms with Crippen molar-refractivity contribution in [1.82, 2.24) is 4.90 Å². The zero-order chi connectivity index (χ0) is 16.9. The summed E-state index contributed by atoms with van der Waals surface area (Å²) in [5.74, 6) is 1.31. The number of nitrogens with one attached hydrogen (secondary N) is 2. The summed E-state index contributed by atoms with van der Waals surface area (Å²) in [7, 11) is 2.14. The van der Waals surface area contributed by atoms with E-state index in [4.69, 9.17) is 10.1 Å². The highest BCUT2D eigenvalue weighted by molar-refractivity contribution is 7.12. The van der Waals surface area contributed by atoms with Gasteiger partial charge >= 0.3 is 0 Å². The largest absolute Gasteiger partial charge is 0.489 e. The molecule has 0 spiro atoms. The van der Waals surface area contributed by atoms with Gasteiger partial charge in [-0.25, -0.2) is 0 Å². The van der Waals surface area contributed by atoms with Gasteiger partial charge in [0, 0.05) is 24.8 Å². The second kappa shape index (κ2) is 7.68. The molecule has 6 heteroatoms. The summed E-state index contributed by atoms with van der Waals surface area (Å²) < 4.78 is 5.84. The van der Waals surface area contributed by atoms with Crippen LogP contribution in [0.2, 0.25) is 0 Å². The van der Waals surface area contributed by atoms with E-state index in [2.05, 4.69) is 35.2 Å². The van der Waals surface area contributed by atoms with Crippen molar-refractivity contribution in [2.24, 2.45) is 0 Å². The Balaban J connectivity index is 1.70. The van der Waals surface area contributed by atoms with Gasteiger partial charge in [-0.3, -0.25) is 5.41 Å². The van der Waals surface area contributed by atoms with Gasteiger partial charge in [-0.1, -0.05) is 13.0 Å². The van der Waals surface area contributed by atoms with Crippen molar-refractivity contribution in [3.05, 3.63) is 40.6 Å². The van der Waals surface area contributed by atoms with Crippen molar-refractivity contribution in [3.63, 3.8) is 0 Å². The summed E-state index contributed by atoms with van der Waals surface area (Å²) >= 11 is 1.56. The number of benzene rings is 1. The van der Waals surface area contributed by atoms with E-state index in [-0.39, 0.29) is 0 Å². The minimum atomic E-state index is 0.419. The van der Waals surface area contributed by atoms with Crippen LogP contribution in [0.25, 0.3) is 0 Å². The quantitative estimate of drug-likeness (QED) is 0.623. The van der Waals surface area contributed by atoms with E-state index in [1.807, 2.05) is 29.6 Å². The third kappa shape index (κ3) is 3.88. The monoisotopic (exact) mass is 344 g/mol. The number of amidine groups is 1. The molecule has 0 amide bonds. The van der Waals surface area contributed by atoms with Gasteiger partial charge in [-0.05, 0) is 37.2 Å². The Bertz CT molecular complexity index is 686. The van der Waals surface area contributed by atoms with E-state index in [9.17, 15) is 0 Å². The first-order valence-corrected chi connectivity index (χ1v) is 9.15. The molecular weight excluding hydrogens is 320 g/mol. The predicted octanol–water partition coefficient (Wildman–Crippen LogP) is 3.34. The van der Waals surface area contributed by atoms with Gasteiger partial charge in [-0.15, -0.1) is 11.3 Å². The van der Waals surface area contributed by atoms with Crippen molar-refractivity contribution in [2.45, 2.75) is 6.92 Å². The van der Waals surface area contributed by atoms with Crippen molar-refractivity contribution < 1.29 is 4.74 Å². The minimum absolute atomic E-state index is 0.419. The molecule has 5 nitrogen and oxygen atoms in total. The lowest BCUT2D eigenvalue weighted by molar-refractivity contribution is 0.298. The maximum atomic E-state index is 8.14. The maximum absolute atomic E-state index is 8.14. The molecule has 24 heavy (non-hydrogen) atoms. The van der Waals surface area contributed by atoms with E-state index >= 15 is 0 Å². The van der Waals surface area contributed by atoms with Crippen LogP contribution in [0.15, 0.2) is 35.7 Å². The number of anilines is 2. The van der Waals surface area contributed by atoms with Gasteiger partial charge in [0.2, 0.25) is 0 Å². The molecule has 0 saturated heterocycles. The highest BCUT2D eigenvalue weighted by Crippen LogP contribution is 2.34. The molecule has 0 unspecified atom stereocenters. The topological polar surface area (TPSA) is 51.6 Å². The average molecular weight is 344 g/mol. The fraction of sp³-hybridized carbons (Fsp3) is 0.389. The molecule has 2 aromatic rings. The lowest BCUT2D eigenvalue weighted by atomic mass is 10.2. The number of hydrogen-bond acceptors (Lipinski definition) is 5. The average Bonchev–Trinajstić information content (AvgIpc) is 3.14. The zero-order valence-corrected chi connectivity index (χ0v) is 15.0. The van der Waals surface area contributed by atoms with Crippen LogP contribution in [0.5, 0.6) is 5.75 Å². The molecule has 128 valence electrons. The number of ether oxygens (including phenoxy) is 1. The second-order valence-corrected chi connectivity index (χ2v) is 6.84. The van der Waals surface area contributed by atoms with Crippen LogP contribution < -0.4 is 15.0 Å². The van der Waals surface area contributed by atoms with Crippen LogP contribution in [-0.2, 0) is 0 Å². The van der Waals surface area contributed by atoms with Crippen LogP contribution >= 0.6 is 11.3 Å². The fourth-order valence-corrected chi connectivity index (χ4v) is 3.29. The lowest BCUT2D eigenvalue weighted by Crippen LogP contribution is -2.38. The van der Waals surface area contributed by atoms with E-state index in [1.54, 1.807) is 11.3 Å². The summed E-state index contributed by atoms with van der Waals surface area (Å²) in [6, 6.07) is 10.0. The number of nitrogens with zero attached hydrogens (tertiary/aromatic N) is 2. The molecule has 1 aliphatic heterocycles. The molecule has 0 radical (unpaired) electrons. The number of hydrogen-bond donors (Lipinski definition) is 2. The van der Waals surface area contributed by atoms with E-state index in [1.165, 1.54) is 0 Å². The first-order chi connectivity index (χ1) is 11.7. The molecule has 1 aromatic heterocycles. The van der Waals surface area contributed by atoms with Crippen LogP contribution in [0.1, 0.15) is 11.8 Å². The molecule has 1 aromatic carbocycles. The second-order valence-electron chi connectivity index (χ2n) is 5.89. The first kappa shape index (κ1) is 16.8. The molecule has 0 aliphatic carbocycles. The van der Waals surface area contributed by atoms with Gasteiger partial charge in [0.05, 0.1) is 17.1 Å². The van der Waals surface area contributed by atoms with Crippen molar-refractivity contribution in [1.29, 1.82) is 5.41 Å². The van der Waals surface area contributed by atoms with Gasteiger partial charge < -0.3 is 19.9 Å². The van der Waals surface area contributed by atoms with E-state index < -0.39 is 0 Å². The van der Waals surface area contributed by atoms with Gasteiger partial charge in [0.25, 0.3) is 0 Å². The Labute approximate surface area is 147 Å². The molecule has 0 saturated carbocycles. The number of thiophene rings is 1. The highest BCUT2D eigenvalue weighted by Gasteiger charge is 2.18. The molecule has 0 bridgehead atoms.